The summed E-state index contributed by atoms with van der Waals surface area (Å²) in [4.78, 5) is 25.0. The van der Waals surface area contributed by atoms with E-state index in [-0.39, 0.29) is 11.6 Å². The molecule has 3 N–H and O–H groups in total. The fraction of sp³-hybridized carbons (Fsp3) is 0.320. The molecule has 1 amide bonds. The predicted molar refractivity (Wildman–Crippen MR) is 132 cm³/mol. The number of alkyl halides is 3. The van der Waals surface area contributed by atoms with Gasteiger partial charge in [0.15, 0.2) is 0 Å². The summed E-state index contributed by atoms with van der Waals surface area (Å²) in [6.07, 6.45) is -0.615. The molecular weight excluding hydrogens is 457 g/mol. The molecule has 0 unspecified atom stereocenters. The van der Waals surface area contributed by atoms with Crippen LogP contribution in [0.25, 0.3) is 11.1 Å². The van der Waals surface area contributed by atoms with Gasteiger partial charge in [-0.3, -0.25) is 4.79 Å². The molecule has 0 spiro atoms. The third kappa shape index (κ3) is 6.69. The molecule has 35 heavy (non-hydrogen) atoms. The van der Waals surface area contributed by atoms with Gasteiger partial charge >= 0.3 is 6.18 Å². The van der Waals surface area contributed by atoms with Crippen molar-refractivity contribution in [1.29, 1.82) is 0 Å². The highest BCUT2D eigenvalue weighted by atomic mass is 19.4. The van der Waals surface area contributed by atoms with E-state index in [0.717, 1.165) is 36.2 Å². The zero-order chi connectivity index (χ0) is 25.8. The van der Waals surface area contributed by atoms with Crippen LogP contribution in [0.4, 0.5) is 30.5 Å². The van der Waals surface area contributed by atoms with Gasteiger partial charge in [-0.2, -0.15) is 13.2 Å². The second kappa shape index (κ2) is 10.7. The largest absolute Gasteiger partial charge is 0.416 e. The Labute approximate surface area is 202 Å². The summed E-state index contributed by atoms with van der Waals surface area (Å²) in [6, 6.07) is 8.44. The number of nitrogen functional groups attached to an aromatic ring is 1. The molecule has 0 aliphatic heterocycles. The van der Waals surface area contributed by atoms with Crippen LogP contribution in [0.1, 0.15) is 27.9 Å². The van der Waals surface area contributed by atoms with Gasteiger partial charge in [0.25, 0.3) is 5.91 Å². The Morgan fingerprint density at radius 2 is 1.71 bits per heavy atom. The average Bonchev–Trinajstić information content (AvgIpc) is 2.79. The highest BCUT2D eigenvalue weighted by Crippen LogP contribution is 2.35. The van der Waals surface area contributed by atoms with Crippen LogP contribution in [0.15, 0.2) is 48.8 Å². The van der Waals surface area contributed by atoms with Gasteiger partial charge in [-0.25, -0.2) is 9.97 Å². The summed E-state index contributed by atoms with van der Waals surface area (Å²) in [5.41, 5.74) is 7.90. The van der Waals surface area contributed by atoms with Crippen molar-refractivity contribution in [3.8, 4) is 11.1 Å². The van der Waals surface area contributed by atoms with Gasteiger partial charge in [0.05, 0.1) is 16.9 Å². The van der Waals surface area contributed by atoms with E-state index in [9.17, 15) is 18.0 Å². The zero-order valence-electron chi connectivity index (χ0n) is 20.1. The van der Waals surface area contributed by atoms with Crippen LogP contribution in [0.5, 0.6) is 0 Å². The molecule has 0 radical (unpaired) electrons. The predicted octanol–water partition coefficient (Wildman–Crippen LogP) is 4.69. The van der Waals surface area contributed by atoms with Crippen LogP contribution in [0, 0.1) is 6.92 Å². The molecule has 7 nitrogen and oxygen atoms in total. The normalized spacial score (nSPS) is 11.5. The second-order valence-corrected chi connectivity index (χ2v) is 8.62. The molecule has 2 aromatic carbocycles. The van der Waals surface area contributed by atoms with Gasteiger partial charge < -0.3 is 20.9 Å². The van der Waals surface area contributed by atoms with E-state index in [1.54, 1.807) is 37.6 Å². The first-order valence-corrected chi connectivity index (χ1v) is 11.0. The Hall–Kier alpha value is -3.66. The van der Waals surface area contributed by atoms with E-state index < -0.39 is 17.6 Å². The number of halogens is 3. The number of nitrogens with zero attached hydrogens (tertiary/aromatic N) is 4. The van der Waals surface area contributed by atoms with Gasteiger partial charge in [-0.15, -0.1) is 0 Å². The maximum Gasteiger partial charge on any atom is 0.416 e. The van der Waals surface area contributed by atoms with Crippen molar-refractivity contribution in [3.63, 3.8) is 0 Å². The summed E-state index contributed by atoms with van der Waals surface area (Å²) < 4.78 is 40.2. The molecule has 186 valence electrons. The number of hydrogen-bond acceptors (Lipinski definition) is 6. The number of nitrogens with one attached hydrogen (secondary N) is 1. The number of rotatable bonds is 8. The standard InChI is InChI=1S/C25H29F3N6O/c1-16-6-7-17(12-20(16)18-14-30-24(29)31-15-18)23(35)32-21-13-19(25(26,27)28)8-9-22(21)34(4)11-5-10-33(2)3/h6-9,12-15H,5,10-11H2,1-4H3,(H,32,35)(H2,29,30,31). The van der Waals surface area contributed by atoms with E-state index in [1.807, 2.05) is 30.8 Å². The number of anilines is 3. The van der Waals surface area contributed by atoms with Crippen LogP contribution in [0.3, 0.4) is 0 Å². The van der Waals surface area contributed by atoms with Crippen LogP contribution >= 0.6 is 0 Å². The quantitative estimate of drug-likeness (QED) is 0.480. The molecule has 10 heteroatoms. The number of aryl methyl sites for hydroxylation is 1. The lowest BCUT2D eigenvalue weighted by Crippen LogP contribution is -2.25. The Morgan fingerprint density at radius 1 is 1.03 bits per heavy atom. The summed E-state index contributed by atoms with van der Waals surface area (Å²) in [5, 5.41) is 2.68. The number of carbonyl (C=O) groups excluding carboxylic acids is 1. The van der Waals surface area contributed by atoms with E-state index in [1.165, 1.54) is 6.07 Å². The molecule has 3 aromatic rings. The monoisotopic (exact) mass is 486 g/mol. The van der Waals surface area contributed by atoms with Gasteiger partial charge in [0.2, 0.25) is 5.95 Å². The Kier molecular flexibility index (Phi) is 7.96. The number of nitrogens with two attached hydrogens (primary N) is 1. The van der Waals surface area contributed by atoms with Crippen molar-refractivity contribution in [2.45, 2.75) is 19.5 Å². The number of benzene rings is 2. The molecule has 0 bridgehead atoms. The summed E-state index contributed by atoms with van der Waals surface area (Å²) in [7, 11) is 5.70. The van der Waals surface area contributed by atoms with E-state index >= 15 is 0 Å². The fourth-order valence-electron chi connectivity index (χ4n) is 3.64. The van der Waals surface area contributed by atoms with Crippen LogP contribution < -0.4 is 16.0 Å². The van der Waals surface area contributed by atoms with Crippen molar-refractivity contribution < 1.29 is 18.0 Å². The maximum absolute atomic E-state index is 13.4. The smallest absolute Gasteiger partial charge is 0.373 e. The van der Waals surface area contributed by atoms with Crippen molar-refractivity contribution in [3.05, 3.63) is 65.5 Å². The molecular formula is C25H29F3N6O. The Bertz CT molecular complexity index is 1180. The Morgan fingerprint density at radius 3 is 2.34 bits per heavy atom. The van der Waals surface area contributed by atoms with Crippen molar-refractivity contribution in [2.24, 2.45) is 0 Å². The second-order valence-electron chi connectivity index (χ2n) is 8.62. The number of amides is 1. The third-order valence-electron chi connectivity index (χ3n) is 5.56. The maximum atomic E-state index is 13.4. The lowest BCUT2D eigenvalue weighted by Gasteiger charge is -2.24. The average molecular weight is 487 g/mol. The molecule has 0 saturated carbocycles. The molecule has 0 aliphatic rings. The van der Waals surface area contributed by atoms with Gasteiger partial charge in [0.1, 0.15) is 0 Å². The number of aromatic nitrogens is 2. The SMILES string of the molecule is Cc1ccc(C(=O)Nc2cc(C(F)(F)F)ccc2N(C)CCCN(C)C)cc1-c1cnc(N)nc1. The molecule has 0 aliphatic carbocycles. The first-order valence-electron chi connectivity index (χ1n) is 11.0. The first kappa shape index (κ1) is 26.0. The van der Waals surface area contributed by atoms with Crippen molar-refractivity contribution >= 4 is 23.2 Å². The lowest BCUT2D eigenvalue weighted by atomic mass is 10.00. The van der Waals surface area contributed by atoms with Crippen LogP contribution in [-0.4, -0.2) is 55.0 Å². The molecule has 1 heterocycles. The van der Waals surface area contributed by atoms with Gasteiger partial charge in [0, 0.05) is 37.1 Å². The molecule has 3 rings (SSSR count). The molecule has 1 aromatic heterocycles. The molecule has 0 fully saturated rings. The third-order valence-corrected chi connectivity index (χ3v) is 5.56. The molecule has 0 atom stereocenters. The minimum absolute atomic E-state index is 0.0927. The first-order chi connectivity index (χ1) is 16.5. The lowest BCUT2D eigenvalue weighted by molar-refractivity contribution is -0.137. The van der Waals surface area contributed by atoms with E-state index in [0.29, 0.717) is 23.4 Å². The minimum Gasteiger partial charge on any atom is -0.373 e. The minimum atomic E-state index is -4.53. The zero-order valence-corrected chi connectivity index (χ0v) is 20.1. The number of carbonyl (C=O) groups is 1. The van der Waals surface area contributed by atoms with Crippen LogP contribution in [-0.2, 0) is 6.18 Å². The van der Waals surface area contributed by atoms with Crippen molar-refractivity contribution in [2.75, 3.05) is 50.2 Å². The summed E-state index contributed by atoms with van der Waals surface area (Å²) >= 11 is 0. The Balaban J connectivity index is 1.92. The summed E-state index contributed by atoms with van der Waals surface area (Å²) in [5.74, 6) is -0.392. The van der Waals surface area contributed by atoms with Crippen molar-refractivity contribution in [1.82, 2.24) is 14.9 Å². The van der Waals surface area contributed by atoms with Crippen LogP contribution in [0.2, 0.25) is 0 Å². The van der Waals surface area contributed by atoms with E-state index in [4.69, 9.17) is 5.73 Å². The van der Waals surface area contributed by atoms with Gasteiger partial charge in [-0.1, -0.05) is 6.07 Å². The fourth-order valence-corrected chi connectivity index (χ4v) is 3.64. The van der Waals surface area contributed by atoms with Gasteiger partial charge in [-0.05, 0) is 75.4 Å². The highest BCUT2D eigenvalue weighted by Gasteiger charge is 2.31. The molecule has 0 saturated heterocycles. The summed E-state index contributed by atoms with van der Waals surface area (Å²) in [6.45, 7) is 3.31. The topological polar surface area (TPSA) is 87.4 Å². The number of hydrogen-bond donors (Lipinski definition) is 2. The van der Waals surface area contributed by atoms with E-state index in [2.05, 4.69) is 15.3 Å². The highest BCUT2D eigenvalue weighted by molar-refractivity contribution is 6.06.